The van der Waals surface area contributed by atoms with Gasteiger partial charge in [-0.05, 0) is 48.4 Å². The van der Waals surface area contributed by atoms with Crippen molar-refractivity contribution < 1.29 is 23.0 Å². The van der Waals surface area contributed by atoms with Crippen LogP contribution in [0.25, 0.3) is 22.8 Å². The molecule has 0 fully saturated rings. The molecule has 0 radical (unpaired) electrons. The van der Waals surface area contributed by atoms with Crippen LogP contribution in [0.4, 0.5) is 4.39 Å². The van der Waals surface area contributed by atoms with E-state index in [0.29, 0.717) is 41.2 Å². The van der Waals surface area contributed by atoms with Crippen LogP contribution in [-0.2, 0) is 4.74 Å². The van der Waals surface area contributed by atoms with Crippen molar-refractivity contribution in [1.29, 1.82) is 0 Å². The molecule has 0 amide bonds. The molecule has 3 rings (SSSR count). The molecule has 5 nitrogen and oxygen atoms in total. The second-order valence-electron chi connectivity index (χ2n) is 6.45. The summed E-state index contributed by atoms with van der Waals surface area (Å²) < 4.78 is 35.3. The highest BCUT2D eigenvalue weighted by atomic mass is 19.1. The van der Waals surface area contributed by atoms with Crippen LogP contribution in [0.3, 0.4) is 0 Å². The zero-order chi connectivity index (χ0) is 19.2. The van der Waals surface area contributed by atoms with Crippen molar-refractivity contribution in [2.24, 2.45) is 5.92 Å². The molecule has 1 heterocycles. The van der Waals surface area contributed by atoms with Crippen LogP contribution in [-0.4, -0.2) is 25.5 Å². The summed E-state index contributed by atoms with van der Waals surface area (Å²) in [4.78, 5) is 4.29. The fourth-order valence-electron chi connectivity index (χ4n) is 2.41. The molecule has 0 aliphatic rings. The maximum atomic E-state index is 13.1. The maximum absolute atomic E-state index is 13.1. The largest absolute Gasteiger partial charge is 0.489 e. The lowest BCUT2D eigenvalue weighted by Gasteiger charge is -2.14. The summed E-state index contributed by atoms with van der Waals surface area (Å²) in [7, 11) is 1.56. The van der Waals surface area contributed by atoms with Gasteiger partial charge in [-0.3, -0.25) is 0 Å². The molecule has 0 bridgehead atoms. The molecule has 142 valence electrons. The molecule has 3 aromatic rings. The summed E-state index contributed by atoms with van der Waals surface area (Å²) >= 11 is 0. The Hall–Kier alpha value is -2.86. The van der Waals surface area contributed by atoms with Gasteiger partial charge in [-0.2, -0.15) is 0 Å². The van der Waals surface area contributed by atoms with E-state index in [1.54, 1.807) is 25.4 Å². The quantitative estimate of drug-likeness (QED) is 0.512. The van der Waals surface area contributed by atoms with Gasteiger partial charge in [0.1, 0.15) is 5.82 Å². The highest BCUT2D eigenvalue weighted by Gasteiger charge is 2.13. The molecule has 6 heteroatoms. The van der Waals surface area contributed by atoms with Gasteiger partial charge in [0, 0.05) is 18.2 Å². The van der Waals surface area contributed by atoms with E-state index in [1.807, 2.05) is 18.2 Å². The van der Waals surface area contributed by atoms with Gasteiger partial charge in [0.2, 0.25) is 5.89 Å². The third kappa shape index (κ3) is 4.86. The van der Waals surface area contributed by atoms with E-state index in [0.717, 1.165) is 5.56 Å². The summed E-state index contributed by atoms with van der Waals surface area (Å²) in [5.74, 6) is 2.29. The van der Waals surface area contributed by atoms with Gasteiger partial charge < -0.3 is 18.6 Å². The van der Waals surface area contributed by atoms with E-state index in [-0.39, 0.29) is 12.6 Å². The minimum absolute atomic E-state index is 0.133. The molecule has 2 aromatic carbocycles. The number of rotatable bonds is 8. The summed E-state index contributed by atoms with van der Waals surface area (Å²) in [6.45, 7) is 4.84. The van der Waals surface area contributed by atoms with E-state index in [9.17, 15) is 4.39 Å². The van der Waals surface area contributed by atoms with Crippen LogP contribution >= 0.6 is 0 Å². The summed E-state index contributed by atoms with van der Waals surface area (Å²) in [5.41, 5.74) is 1.51. The number of methoxy groups -OCH3 is 1. The highest BCUT2D eigenvalue weighted by molar-refractivity contribution is 5.64. The second-order valence-corrected chi connectivity index (χ2v) is 6.45. The van der Waals surface area contributed by atoms with E-state index in [1.165, 1.54) is 12.1 Å². The van der Waals surface area contributed by atoms with Gasteiger partial charge in [-0.15, -0.1) is 0 Å². The molecular weight excluding hydrogens is 349 g/mol. The normalized spacial score (nSPS) is 11.0. The highest BCUT2D eigenvalue weighted by Crippen LogP contribution is 2.34. The zero-order valence-electron chi connectivity index (χ0n) is 15.6. The van der Waals surface area contributed by atoms with Crippen molar-refractivity contribution in [2.75, 3.05) is 20.5 Å². The first-order valence-electron chi connectivity index (χ1n) is 8.67. The van der Waals surface area contributed by atoms with Crippen molar-refractivity contribution in [3.8, 4) is 34.3 Å². The standard InChI is InChI=1S/C21H22FNO4/c1-14(2)12-25-19-10-16(6-9-18(19)26-13-24-3)20-11-23-21(27-20)15-4-7-17(22)8-5-15/h4-11,14H,12-13H2,1-3H3. The first-order valence-corrected chi connectivity index (χ1v) is 8.67. The van der Waals surface area contributed by atoms with E-state index < -0.39 is 0 Å². The lowest BCUT2D eigenvalue weighted by atomic mass is 10.1. The van der Waals surface area contributed by atoms with Crippen molar-refractivity contribution in [3.05, 3.63) is 54.5 Å². The van der Waals surface area contributed by atoms with E-state index in [4.69, 9.17) is 18.6 Å². The van der Waals surface area contributed by atoms with Crippen LogP contribution in [0.1, 0.15) is 13.8 Å². The molecule has 27 heavy (non-hydrogen) atoms. The molecule has 0 saturated carbocycles. The van der Waals surface area contributed by atoms with Crippen molar-refractivity contribution in [2.45, 2.75) is 13.8 Å². The van der Waals surface area contributed by atoms with E-state index in [2.05, 4.69) is 18.8 Å². The number of nitrogens with zero attached hydrogens (tertiary/aromatic N) is 1. The number of aromatic nitrogens is 1. The zero-order valence-corrected chi connectivity index (χ0v) is 15.6. The predicted octanol–water partition coefficient (Wildman–Crippen LogP) is 5.17. The summed E-state index contributed by atoms with van der Waals surface area (Å²) in [6.07, 6.45) is 1.63. The van der Waals surface area contributed by atoms with Gasteiger partial charge in [0.15, 0.2) is 24.1 Å². The smallest absolute Gasteiger partial charge is 0.226 e. The Morgan fingerprint density at radius 2 is 1.74 bits per heavy atom. The average Bonchev–Trinajstić information content (AvgIpc) is 3.15. The molecule has 0 aliphatic carbocycles. The summed E-state index contributed by atoms with van der Waals surface area (Å²) in [6, 6.07) is 11.5. The van der Waals surface area contributed by atoms with Crippen molar-refractivity contribution >= 4 is 0 Å². The Bertz CT molecular complexity index is 874. The molecule has 0 spiro atoms. The number of hydrogen-bond donors (Lipinski definition) is 0. The van der Waals surface area contributed by atoms with Crippen molar-refractivity contribution in [3.63, 3.8) is 0 Å². The molecule has 0 unspecified atom stereocenters. The predicted molar refractivity (Wildman–Crippen MR) is 100 cm³/mol. The minimum atomic E-state index is -0.302. The third-order valence-electron chi connectivity index (χ3n) is 3.73. The Labute approximate surface area is 157 Å². The number of hydrogen-bond acceptors (Lipinski definition) is 5. The molecule has 0 N–H and O–H groups in total. The average molecular weight is 371 g/mol. The second kappa shape index (κ2) is 8.68. The fraction of sp³-hybridized carbons (Fsp3) is 0.286. The number of oxazole rings is 1. The van der Waals surface area contributed by atoms with Gasteiger partial charge in [-0.1, -0.05) is 13.8 Å². The summed E-state index contributed by atoms with van der Waals surface area (Å²) in [5, 5.41) is 0. The maximum Gasteiger partial charge on any atom is 0.226 e. The monoisotopic (exact) mass is 371 g/mol. The number of ether oxygens (including phenoxy) is 3. The molecule has 0 atom stereocenters. The lowest BCUT2D eigenvalue weighted by molar-refractivity contribution is 0.0483. The Morgan fingerprint density at radius 3 is 2.44 bits per heavy atom. The van der Waals surface area contributed by atoms with Crippen LogP contribution < -0.4 is 9.47 Å². The lowest BCUT2D eigenvalue weighted by Crippen LogP contribution is -2.07. The van der Waals surface area contributed by atoms with Crippen LogP contribution in [0.2, 0.25) is 0 Å². The minimum Gasteiger partial charge on any atom is -0.489 e. The van der Waals surface area contributed by atoms with Crippen molar-refractivity contribution in [1.82, 2.24) is 4.98 Å². The number of benzene rings is 2. The molecule has 0 aliphatic heterocycles. The molecule has 1 aromatic heterocycles. The SMILES string of the molecule is COCOc1ccc(-c2cnc(-c3ccc(F)cc3)o2)cc1OCC(C)C. The fourth-order valence-corrected chi connectivity index (χ4v) is 2.41. The van der Waals surface area contributed by atoms with Gasteiger partial charge in [0.25, 0.3) is 0 Å². The Morgan fingerprint density at radius 1 is 1.00 bits per heavy atom. The molecule has 0 saturated heterocycles. The first-order chi connectivity index (χ1) is 13.1. The first kappa shape index (κ1) is 18.9. The Kier molecular flexibility index (Phi) is 6.08. The Balaban J connectivity index is 1.87. The van der Waals surface area contributed by atoms with Gasteiger partial charge >= 0.3 is 0 Å². The third-order valence-corrected chi connectivity index (χ3v) is 3.73. The van der Waals surface area contributed by atoms with E-state index >= 15 is 0 Å². The number of halogens is 1. The van der Waals surface area contributed by atoms with Crippen LogP contribution in [0, 0.1) is 11.7 Å². The van der Waals surface area contributed by atoms with Crippen LogP contribution in [0.5, 0.6) is 11.5 Å². The van der Waals surface area contributed by atoms with Gasteiger partial charge in [-0.25, -0.2) is 9.37 Å². The van der Waals surface area contributed by atoms with Gasteiger partial charge in [0.05, 0.1) is 12.8 Å². The topological polar surface area (TPSA) is 53.7 Å². The van der Waals surface area contributed by atoms with Crippen LogP contribution in [0.15, 0.2) is 53.1 Å². The molecular formula is C21H22FNO4.